The van der Waals surface area contributed by atoms with Crippen molar-refractivity contribution in [1.29, 1.82) is 0 Å². The van der Waals surface area contributed by atoms with E-state index in [-0.39, 0.29) is 12.3 Å². The van der Waals surface area contributed by atoms with Crippen LogP contribution in [-0.2, 0) is 16.0 Å². The fourth-order valence-corrected chi connectivity index (χ4v) is 2.15. The Balaban J connectivity index is 1.93. The van der Waals surface area contributed by atoms with E-state index >= 15 is 0 Å². The summed E-state index contributed by atoms with van der Waals surface area (Å²) in [4.78, 5) is 21.9. The fourth-order valence-electron chi connectivity index (χ4n) is 2.15. The van der Waals surface area contributed by atoms with Gasteiger partial charge >= 0.3 is 5.97 Å². The van der Waals surface area contributed by atoms with Crippen molar-refractivity contribution >= 4 is 11.9 Å². The molecule has 1 rings (SSSR count). The molecule has 0 fully saturated rings. The molecule has 0 saturated carbocycles. The Bertz CT molecular complexity index is 417. The Morgan fingerprint density at radius 2 is 1.62 bits per heavy atom. The van der Waals surface area contributed by atoms with Gasteiger partial charge < -0.3 is 10.4 Å². The minimum atomic E-state index is -0.752. The molecule has 116 valence electrons. The highest BCUT2D eigenvalue weighted by molar-refractivity contribution is 5.75. The highest BCUT2D eigenvalue weighted by Gasteiger charge is 2.01. The minimum absolute atomic E-state index is 0.0984. The van der Waals surface area contributed by atoms with E-state index in [1.807, 2.05) is 18.2 Å². The van der Waals surface area contributed by atoms with Gasteiger partial charge in [0.15, 0.2) is 0 Å². The van der Waals surface area contributed by atoms with Crippen LogP contribution in [0.15, 0.2) is 30.3 Å². The van der Waals surface area contributed by atoms with Crippen molar-refractivity contribution in [2.75, 3.05) is 6.54 Å². The average Bonchev–Trinajstić information content (AvgIpc) is 2.48. The minimum Gasteiger partial charge on any atom is -0.481 e. The molecule has 1 aromatic rings. The molecule has 0 unspecified atom stereocenters. The predicted molar refractivity (Wildman–Crippen MR) is 83.1 cm³/mol. The number of carbonyl (C=O) groups excluding carboxylic acids is 1. The number of benzene rings is 1. The molecule has 2 N–H and O–H groups in total. The highest BCUT2D eigenvalue weighted by Crippen LogP contribution is 2.06. The number of hydrogen-bond donors (Lipinski definition) is 2. The monoisotopic (exact) mass is 291 g/mol. The van der Waals surface area contributed by atoms with Gasteiger partial charge in [0, 0.05) is 19.4 Å². The summed E-state index contributed by atoms with van der Waals surface area (Å²) in [5, 5.41) is 11.4. The molecule has 0 aromatic heterocycles. The van der Waals surface area contributed by atoms with Gasteiger partial charge in [0.2, 0.25) is 5.91 Å². The van der Waals surface area contributed by atoms with Crippen LogP contribution in [0, 0.1) is 0 Å². The van der Waals surface area contributed by atoms with Gasteiger partial charge in [-0.05, 0) is 37.7 Å². The molecule has 0 atom stereocenters. The van der Waals surface area contributed by atoms with E-state index in [1.54, 1.807) is 0 Å². The summed E-state index contributed by atoms with van der Waals surface area (Å²) in [7, 11) is 0. The lowest BCUT2D eigenvalue weighted by Crippen LogP contribution is -2.24. The van der Waals surface area contributed by atoms with E-state index in [2.05, 4.69) is 17.4 Å². The first-order valence-corrected chi connectivity index (χ1v) is 7.71. The number of unbranched alkanes of at least 4 members (excludes halogenated alkanes) is 3. The first kappa shape index (κ1) is 17.2. The third kappa shape index (κ3) is 9.66. The Morgan fingerprint density at radius 1 is 0.905 bits per heavy atom. The highest BCUT2D eigenvalue weighted by atomic mass is 16.4. The molecular formula is C17H25NO3. The third-order valence-corrected chi connectivity index (χ3v) is 3.35. The molecule has 0 spiro atoms. The van der Waals surface area contributed by atoms with Crippen LogP contribution in [0.25, 0.3) is 0 Å². The molecule has 0 aliphatic carbocycles. The second-order valence-corrected chi connectivity index (χ2v) is 5.25. The summed E-state index contributed by atoms with van der Waals surface area (Å²) in [6.07, 6.45) is 6.11. The fraction of sp³-hybridized carbons (Fsp3) is 0.529. The summed E-state index contributed by atoms with van der Waals surface area (Å²) in [5.41, 5.74) is 1.32. The van der Waals surface area contributed by atoms with E-state index in [0.717, 1.165) is 32.1 Å². The van der Waals surface area contributed by atoms with Crippen LogP contribution >= 0.6 is 0 Å². The quantitative estimate of drug-likeness (QED) is 0.615. The van der Waals surface area contributed by atoms with Crippen molar-refractivity contribution in [2.24, 2.45) is 0 Å². The Labute approximate surface area is 126 Å². The van der Waals surface area contributed by atoms with Crippen molar-refractivity contribution in [3.63, 3.8) is 0 Å². The Kier molecular flexibility index (Phi) is 8.93. The number of carboxylic acids is 1. The molecule has 4 nitrogen and oxygen atoms in total. The summed E-state index contributed by atoms with van der Waals surface area (Å²) < 4.78 is 0. The maximum absolute atomic E-state index is 11.6. The largest absolute Gasteiger partial charge is 0.481 e. The average molecular weight is 291 g/mol. The molecule has 0 radical (unpaired) electrons. The topological polar surface area (TPSA) is 66.4 Å². The van der Waals surface area contributed by atoms with Crippen molar-refractivity contribution < 1.29 is 14.7 Å². The second-order valence-electron chi connectivity index (χ2n) is 5.25. The van der Waals surface area contributed by atoms with Crippen LogP contribution in [0.1, 0.15) is 50.5 Å². The molecule has 21 heavy (non-hydrogen) atoms. The van der Waals surface area contributed by atoms with Gasteiger partial charge in [-0.2, -0.15) is 0 Å². The van der Waals surface area contributed by atoms with Crippen molar-refractivity contribution in [1.82, 2.24) is 5.32 Å². The molecule has 0 bridgehead atoms. The van der Waals surface area contributed by atoms with Crippen molar-refractivity contribution in [2.45, 2.75) is 51.4 Å². The second kappa shape index (κ2) is 10.9. The predicted octanol–water partition coefficient (Wildman–Crippen LogP) is 3.16. The normalized spacial score (nSPS) is 10.3. The van der Waals surface area contributed by atoms with Gasteiger partial charge in [0.1, 0.15) is 0 Å². The van der Waals surface area contributed by atoms with Gasteiger partial charge in [-0.1, -0.05) is 36.8 Å². The van der Waals surface area contributed by atoms with Crippen molar-refractivity contribution in [3.8, 4) is 0 Å². The van der Waals surface area contributed by atoms with E-state index in [4.69, 9.17) is 5.11 Å². The van der Waals surface area contributed by atoms with E-state index in [9.17, 15) is 9.59 Å². The number of aliphatic carboxylic acids is 1. The van der Waals surface area contributed by atoms with E-state index in [1.165, 1.54) is 5.56 Å². The lowest BCUT2D eigenvalue weighted by atomic mass is 10.1. The smallest absolute Gasteiger partial charge is 0.303 e. The van der Waals surface area contributed by atoms with Crippen LogP contribution in [0.4, 0.5) is 0 Å². The molecule has 0 aliphatic heterocycles. The number of nitrogens with one attached hydrogen (secondary N) is 1. The number of carboxylic acid groups (broad SMARTS) is 1. The van der Waals surface area contributed by atoms with E-state index in [0.29, 0.717) is 19.4 Å². The van der Waals surface area contributed by atoms with Crippen molar-refractivity contribution in [3.05, 3.63) is 35.9 Å². The van der Waals surface area contributed by atoms with Gasteiger partial charge in [-0.3, -0.25) is 9.59 Å². The van der Waals surface area contributed by atoms with Gasteiger partial charge in [-0.25, -0.2) is 0 Å². The summed E-state index contributed by atoms with van der Waals surface area (Å²) in [6.45, 7) is 0.650. The van der Waals surface area contributed by atoms with Gasteiger partial charge in [-0.15, -0.1) is 0 Å². The van der Waals surface area contributed by atoms with Crippen LogP contribution < -0.4 is 5.32 Å². The van der Waals surface area contributed by atoms with E-state index < -0.39 is 5.97 Å². The van der Waals surface area contributed by atoms with Crippen LogP contribution in [0.5, 0.6) is 0 Å². The molecule has 1 aromatic carbocycles. The molecule has 0 saturated heterocycles. The van der Waals surface area contributed by atoms with Crippen LogP contribution in [-0.4, -0.2) is 23.5 Å². The lowest BCUT2D eigenvalue weighted by molar-refractivity contribution is -0.137. The zero-order valence-electron chi connectivity index (χ0n) is 12.5. The third-order valence-electron chi connectivity index (χ3n) is 3.35. The Morgan fingerprint density at radius 3 is 2.33 bits per heavy atom. The van der Waals surface area contributed by atoms with Gasteiger partial charge in [0.05, 0.1) is 0 Å². The first-order valence-electron chi connectivity index (χ1n) is 7.71. The zero-order chi connectivity index (χ0) is 15.3. The zero-order valence-corrected chi connectivity index (χ0v) is 12.5. The SMILES string of the molecule is O=C(O)CCCCCNC(=O)CCCCc1ccccc1. The first-order chi connectivity index (χ1) is 10.2. The molecule has 4 heteroatoms. The van der Waals surface area contributed by atoms with Crippen LogP contribution in [0.2, 0.25) is 0 Å². The molecular weight excluding hydrogens is 266 g/mol. The molecule has 0 heterocycles. The number of carbonyl (C=O) groups is 2. The summed E-state index contributed by atoms with van der Waals surface area (Å²) in [5.74, 6) is -0.654. The molecule has 0 aliphatic rings. The number of aryl methyl sites for hydroxylation is 1. The standard InChI is InChI=1S/C17H25NO3/c19-16(18-14-8-2-5-13-17(20)21)12-7-6-11-15-9-3-1-4-10-15/h1,3-4,9-10H,2,5-8,11-14H2,(H,18,19)(H,20,21). The Hall–Kier alpha value is -1.84. The number of amides is 1. The lowest BCUT2D eigenvalue weighted by Gasteiger charge is -2.05. The van der Waals surface area contributed by atoms with Crippen LogP contribution in [0.3, 0.4) is 0 Å². The summed E-state index contributed by atoms with van der Waals surface area (Å²) in [6, 6.07) is 10.3. The summed E-state index contributed by atoms with van der Waals surface area (Å²) >= 11 is 0. The maximum atomic E-state index is 11.6. The number of rotatable bonds is 11. The molecule has 1 amide bonds. The van der Waals surface area contributed by atoms with Gasteiger partial charge in [0.25, 0.3) is 0 Å². The number of hydrogen-bond acceptors (Lipinski definition) is 2. The maximum Gasteiger partial charge on any atom is 0.303 e.